The molecule has 0 saturated heterocycles. The average Bonchev–Trinajstić information content (AvgIpc) is 3.19. The Labute approximate surface area is 131 Å². The van der Waals surface area contributed by atoms with Gasteiger partial charge in [0.25, 0.3) is 0 Å². The lowest BCUT2D eigenvalue weighted by atomic mass is 10.1. The van der Waals surface area contributed by atoms with E-state index in [1.165, 1.54) is 17.9 Å². The van der Waals surface area contributed by atoms with Crippen LogP contribution in [0.2, 0.25) is 0 Å². The number of carbonyl (C=O) groups excluding carboxylic acids is 1. The number of aromatic nitrogens is 4. The zero-order valence-electron chi connectivity index (χ0n) is 11.9. The predicted octanol–water partition coefficient (Wildman–Crippen LogP) is 2.64. The van der Waals surface area contributed by atoms with Gasteiger partial charge in [-0.2, -0.15) is 9.47 Å². The summed E-state index contributed by atoms with van der Waals surface area (Å²) in [5, 5.41) is 5.78. The van der Waals surface area contributed by atoms with Gasteiger partial charge in [-0.15, -0.1) is 0 Å². The number of benzene rings is 1. The summed E-state index contributed by atoms with van der Waals surface area (Å²) in [4.78, 5) is 16.3. The van der Waals surface area contributed by atoms with Gasteiger partial charge in [0.2, 0.25) is 0 Å². The molecule has 0 radical (unpaired) electrons. The predicted molar refractivity (Wildman–Crippen MR) is 81.5 cm³/mol. The maximum absolute atomic E-state index is 12.3. The summed E-state index contributed by atoms with van der Waals surface area (Å²) in [7, 11) is 0. The maximum atomic E-state index is 12.3. The third-order valence-corrected chi connectivity index (χ3v) is 3.93. The van der Waals surface area contributed by atoms with Crippen molar-refractivity contribution in [3.8, 4) is 0 Å². The number of hydrogen-bond donors (Lipinski definition) is 0. The van der Waals surface area contributed by atoms with E-state index < -0.39 is 6.10 Å². The Balaban J connectivity index is 1.82. The van der Waals surface area contributed by atoms with Crippen molar-refractivity contribution in [2.24, 2.45) is 0 Å². The molecule has 2 heterocycles. The number of nitrogens with zero attached hydrogens (tertiary/aromatic N) is 4. The molecule has 3 aromatic rings. The number of esters is 1. The van der Waals surface area contributed by atoms with Crippen LogP contribution >= 0.6 is 11.5 Å². The molecule has 1 atom stereocenters. The smallest absolute Gasteiger partial charge is 0.341 e. The summed E-state index contributed by atoms with van der Waals surface area (Å²) in [6.45, 7) is 2.20. The lowest BCUT2D eigenvalue weighted by Crippen LogP contribution is -2.17. The molecule has 2 aromatic heterocycles. The van der Waals surface area contributed by atoms with Crippen LogP contribution < -0.4 is 0 Å². The van der Waals surface area contributed by atoms with Crippen LogP contribution in [0, 0.1) is 6.92 Å². The molecule has 0 aliphatic heterocycles. The molecule has 7 heteroatoms. The van der Waals surface area contributed by atoms with Crippen molar-refractivity contribution in [2.45, 2.75) is 19.6 Å². The average molecular weight is 314 g/mol. The van der Waals surface area contributed by atoms with E-state index in [1.807, 2.05) is 30.3 Å². The molecule has 112 valence electrons. The highest BCUT2D eigenvalue weighted by Crippen LogP contribution is 2.22. The molecule has 22 heavy (non-hydrogen) atoms. The van der Waals surface area contributed by atoms with E-state index in [-0.39, 0.29) is 5.97 Å². The SMILES string of the molecule is Cc1nscc1C(=O)OC(Cn1cncn1)c1ccccc1. The summed E-state index contributed by atoms with van der Waals surface area (Å²) in [5.41, 5.74) is 2.10. The molecule has 1 unspecified atom stereocenters. The Hall–Kier alpha value is -2.54. The zero-order valence-corrected chi connectivity index (χ0v) is 12.7. The number of hydrogen-bond acceptors (Lipinski definition) is 6. The van der Waals surface area contributed by atoms with Crippen molar-refractivity contribution in [2.75, 3.05) is 0 Å². The fraction of sp³-hybridized carbons (Fsp3) is 0.200. The highest BCUT2D eigenvalue weighted by molar-refractivity contribution is 7.03. The first-order valence-electron chi connectivity index (χ1n) is 6.73. The van der Waals surface area contributed by atoms with Gasteiger partial charge >= 0.3 is 5.97 Å². The fourth-order valence-electron chi connectivity index (χ4n) is 2.06. The maximum Gasteiger partial charge on any atom is 0.341 e. The highest BCUT2D eigenvalue weighted by Gasteiger charge is 2.21. The third-order valence-electron chi connectivity index (χ3n) is 3.21. The molecule has 6 nitrogen and oxygen atoms in total. The quantitative estimate of drug-likeness (QED) is 0.677. The molecule has 0 saturated carbocycles. The minimum Gasteiger partial charge on any atom is -0.452 e. The van der Waals surface area contributed by atoms with Crippen molar-refractivity contribution in [1.29, 1.82) is 0 Å². The second-order valence-electron chi connectivity index (χ2n) is 4.74. The minimum absolute atomic E-state index is 0.375. The van der Waals surface area contributed by atoms with Gasteiger partial charge in [0.05, 0.1) is 17.8 Å². The summed E-state index contributed by atoms with van der Waals surface area (Å²) < 4.78 is 11.4. The van der Waals surface area contributed by atoms with E-state index in [4.69, 9.17) is 4.74 Å². The van der Waals surface area contributed by atoms with Gasteiger partial charge in [0.1, 0.15) is 18.8 Å². The normalized spacial score (nSPS) is 12.0. The van der Waals surface area contributed by atoms with Crippen LogP contribution in [0.1, 0.15) is 27.7 Å². The summed E-state index contributed by atoms with van der Waals surface area (Å²) in [6.07, 6.45) is 2.62. The second kappa shape index (κ2) is 6.48. The Bertz CT molecular complexity index is 740. The molecule has 1 aromatic carbocycles. The number of aryl methyl sites for hydroxylation is 1. The highest BCUT2D eigenvalue weighted by atomic mass is 32.1. The first-order valence-corrected chi connectivity index (χ1v) is 7.57. The van der Waals surface area contributed by atoms with Gasteiger partial charge in [-0.05, 0) is 24.0 Å². The zero-order chi connectivity index (χ0) is 15.4. The number of rotatable bonds is 5. The molecule has 3 rings (SSSR count). The van der Waals surface area contributed by atoms with E-state index in [0.29, 0.717) is 17.8 Å². The molecule has 0 aliphatic carbocycles. The Morgan fingerprint density at radius 3 is 2.82 bits per heavy atom. The summed E-state index contributed by atoms with van der Waals surface area (Å²) in [5.74, 6) is -0.375. The van der Waals surface area contributed by atoms with Crippen LogP contribution in [0.4, 0.5) is 0 Å². The lowest BCUT2D eigenvalue weighted by molar-refractivity contribution is 0.0246. The minimum atomic E-state index is -0.435. The van der Waals surface area contributed by atoms with Crippen molar-refractivity contribution in [1.82, 2.24) is 19.1 Å². The number of ether oxygens (including phenoxy) is 1. The van der Waals surface area contributed by atoms with Crippen LogP contribution in [0.3, 0.4) is 0 Å². The van der Waals surface area contributed by atoms with Gasteiger partial charge in [-0.3, -0.25) is 0 Å². The van der Waals surface area contributed by atoms with Gasteiger partial charge in [0.15, 0.2) is 0 Å². The molecular weight excluding hydrogens is 300 g/mol. The van der Waals surface area contributed by atoms with Gasteiger partial charge in [-0.1, -0.05) is 30.3 Å². The van der Waals surface area contributed by atoms with Crippen LogP contribution in [0.25, 0.3) is 0 Å². The van der Waals surface area contributed by atoms with E-state index in [0.717, 1.165) is 5.56 Å². The first-order chi connectivity index (χ1) is 10.7. The van der Waals surface area contributed by atoms with E-state index in [2.05, 4.69) is 14.5 Å². The molecule has 0 bridgehead atoms. The van der Waals surface area contributed by atoms with Gasteiger partial charge in [0, 0.05) is 5.38 Å². The van der Waals surface area contributed by atoms with E-state index in [1.54, 1.807) is 23.3 Å². The molecular formula is C15H14N4O2S. The standard InChI is InChI=1S/C15H14N4O2S/c1-11-13(8-22-18-11)15(20)21-14(7-19-10-16-9-17-19)12-5-3-2-4-6-12/h2-6,8-10,14H,7H2,1H3. The third kappa shape index (κ3) is 3.20. The topological polar surface area (TPSA) is 69.9 Å². The summed E-state index contributed by atoms with van der Waals surface area (Å²) >= 11 is 1.24. The Morgan fingerprint density at radius 2 is 2.18 bits per heavy atom. The van der Waals surface area contributed by atoms with Crippen molar-refractivity contribution < 1.29 is 9.53 Å². The van der Waals surface area contributed by atoms with Crippen LogP contribution in [0.15, 0.2) is 48.4 Å². The monoisotopic (exact) mass is 314 g/mol. The van der Waals surface area contributed by atoms with E-state index >= 15 is 0 Å². The van der Waals surface area contributed by atoms with Crippen molar-refractivity contribution in [3.63, 3.8) is 0 Å². The fourth-order valence-corrected chi connectivity index (χ4v) is 2.74. The first kappa shape index (κ1) is 14.4. The van der Waals surface area contributed by atoms with Crippen molar-refractivity contribution >= 4 is 17.5 Å². The molecule has 0 amide bonds. The Kier molecular flexibility index (Phi) is 4.24. The molecule has 0 spiro atoms. The molecule has 0 N–H and O–H groups in total. The largest absolute Gasteiger partial charge is 0.452 e. The van der Waals surface area contributed by atoms with Crippen LogP contribution in [-0.4, -0.2) is 25.1 Å². The lowest BCUT2D eigenvalue weighted by Gasteiger charge is -2.18. The Morgan fingerprint density at radius 1 is 1.36 bits per heavy atom. The van der Waals surface area contributed by atoms with E-state index in [9.17, 15) is 4.79 Å². The second-order valence-corrected chi connectivity index (χ2v) is 5.36. The van der Waals surface area contributed by atoms with Gasteiger partial charge in [-0.25, -0.2) is 14.5 Å². The van der Waals surface area contributed by atoms with Gasteiger partial charge < -0.3 is 4.74 Å². The molecule has 0 fully saturated rings. The number of carbonyl (C=O) groups is 1. The molecule has 0 aliphatic rings. The van der Waals surface area contributed by atoms with Crippen LogP contribution in [-0.2, 0) is 11.3 Å². The summed E-state index contributed by atoms with van der Waals surface area (Å²) in [6, 6.07) is 9.59. The van der Waals surface area contributed by atoms with Crippen LogP contribution in [0.5, 0.6) is 0 Å². The van der Waals surface area contributed by atoms with Crippen molar-refractivity contribution in [3.05, 3.63) is 65.2 Å².